The second kappa shape index (κ2) is 5.74. The first-order valence-electron chi connectivity index (χ1n) is 7.01. The average Bonchev–Trinajstić information content (AvgIpc) is 2.88. The van der Waals surface area contributed by atoms with E-state index in [2.05, 4.69) is 0 Å². The van der Waals surface area contributed by atoms with Gasteiger partial charge in [0.15, 0.2) is 0 Å². The molecule has 2 aromatic carbocycles. The van der Waals surface area contributed by atoms with E-state index >= 15 is 0 Å². The smallest absolute Gasteiger partial charge is 0.133 e. The van der Waals surface area contributed by atoms with Gasteiger partial charge in [-0.15, -0.1) is 0 Å². The van der Waals surface area contributed by atoms with Crippen LogP contribution in [0.15, 0.2) is 36.4 Å². The topological polar surface area (TPSA) is 44.5 Å². The van der Waals surface area contributed by atoms with Gasteiger partial charge in [-0.25, -0.2) is 4.39 Å². The molecule has 0 amide bonds. The van der Waals surface area contributed by atoms with Crippen molar-refractivity contribution >= 4 is 0 Å². The molecule has 2 aromatic rings. The maximum Gasteiger partial charge on any atom is 0.133 e. The molecular formula is C17H18FNO2. The van der Waals surface area contributed by atoms with Gasteiger partial charge in [-0.2, -0.15) is 0 Å². The van der Waals surface area contributed by atoms with Crippen molar-refractivity contribution in [3.05, 3.63) is 58.9 Å². The Morgan fingerprint density at radius 2 is 2.14 bits per heavy atom. The Labute approximate surface area is 123 Å². The molecular weight excluding hydrogens is 269 g/mol. The van der Waals surface area contributed by atoms with E-state index in [9.17, 15) is 4.39 Å². The third-order valence-electron chi connectivity index (χ3n) is 3.92. The summed E-state index contributed by atoms with van der Waals surface area (Å²) < 4.78 is 24.7. The minimum atomic E-state index is -0.321. The Morgan fingerprint density at radius 1 is 1.29 bits per heavy atom. The number of rotatable bonds is 4. The van der Waals surface area contributed by atoms with Crippen LogP contribution in [0.3, 0.4) is 0 Å². The normalized spacial score (nSPS) is 16.6. The van der Waals surface area contributed by atoms with Crippen LogP contribution in [0.25, 0.3) is 0 Å². The van der Waals surface area contributed by atoms with E-state index in [0.29, 0.717) is 11.3 Å². The highest BCUT2D eigenvalue weighted by atomic mass is 19.1. The molecule has 0 bridgehead atoms. The van der Waals surface area contributed by atoms with Crippen LogP contribution < -0.4 is 15.2 Å². The first-order chi connectivity index (χ1) is 10.2. The maximum absolute atomic E-state index is 13.9. The molecule has 110 valence electrons. The summed E-state index contributed by atoms with van der Waals surface area (Å²) in [4.78, 5) is 0. The van der Waals surface area contributed by atoms with Gasteiger partial charge < -0.3 is 15.2 Å². The van der Waals surface area contributed by atoms with Crippen molar-refractivity contribution in [3.63, 3.8) is 0 Å². The predicted octanol–water partition coefficient (Wildman–Crippen LogP) is 3.36. The molecule has 0 saturated carbocycles. The van der Waals surface area contributed by atoms with Crippen molar-refractivity contribution in [1.29, 1.82) is 0 Å². The van der Waals surface area contributed by atoms with Gasteiger partial charge in [0, 0.05) is 17.7 Å². The van der Waals surface area contributed by atoms with Gasteiger partial charge in [0.05, 0.1) is 7.11 Å². The van der Waals surface area contributed by atoms with Gasteiger partial charge in [-0.05, 0) is 42.2 Å². The number of hydrogen-bond acceptors (Lipinski definition) is 3. The van der Waals surface area contributed by atoms with Crippen LogP contribution in [0.4, 0.5) is 4.39 Å². The largest absolute Gasteiger partial charge is 0.497 e. The Morgan fingerprint density at radius 3 is 2.90 bits per heavy atom. The van der Waals surface area contributed by atoms with Crippen molar-refractivity contribution in [3.8, 4) is 11.5 Å². The lowest BCUT2D eigenvalue weighted by Crippen LogP contribution is -2.05. The first-order valence-corrected chi connectivity index (χ1v) is 7.01. The summed E-state index contributed by atoms with van der Waals surface area (Å²) in [6.07, 6.45) is 1.85. The summed E-state index contributed by atoms with van der Waals surface area (Å²) in [5.41, 5.74) is 8.85. The molecule has 1 unspecified atom stereocenters. The van der Waals surface area contributed by atoms with Crippen LogP contribution in [0.2, 0.25) is 0 Å². The van der Waals surface area contributed by atoms with Crippen molar-refractivity contribution < 1.29 is 13.9 Å². The van der Waals surface area contributed by atoms with E-state index in [0.717, 1.165) is 29.7 Å². The zero-order valence-corrected chi connectivity index (χ0v) is 11.9. The van der Waals surface area contributed by atoms with E-state index < -0.39 is 0 Å². The van der Waals surface area contributed by atoms with Crippen molar-refractivity contribution in [2.24, 2.45) is 5.73 Å². The summed E-state index contributed by atoms with van der Waals surface area (Å²) in [6, 6.07) is 10.7. The molecule has 3 rings (SSSR count). The number of methoxy groups -OCH3 is 1. The van der Waals surface area contributed by atoms with Crippen molar-refractivity contribution in [1.82, 2.24) is 0 Å². The van der Waals surface area contributed by atoms with Crippen LogP contribution in [0.5, 0.6) is 11.5 Å². The standard InChI is InChI=1S/C17H18FNO2/c1-20-12-6-5-11(15(18)9-12)10-21-17-4-2-3-13-14(17)7-8-16(13)19/h2-6,9,16H,7-8,10,19H2,1H3. The molecule has 1 atom stereocenters. The summed E-state index contributed by atoms with van der Waals surface area (Å²) in [5.74, 6) is 0.983. The van der Waals surface area contributed by atoms with E-state index in [1.807, 2.05) is 18.2 Å². The van der Waals surface area contributed by atoms with E-state index in [1.54, 1.807) is 12.1 Å². The molecule has 0 saturated heterocycles. The molecule has 0 fully saturated rings. The van der Waals surface area contributed by atoms with Crippen molar-refractivity contribution in [2.45, 2.75) is 25.5 Å². The predicted molar refractivity (Wildman–Crippen MR) is 79.0 cm³/mol. The summed E-state index contributed by atoms with van der Waals surface area (Å²) >= 11 is 0. The Kier molecular flexibility index (Phi) is 3.80. The van der Waals surface area contributed by atoms with E-state index in [-0.39, 0.29) is 18.5 Å². The van der Waals surface area contributed by atoms with E-state index in [1.165, 1.54) is 13.2 Å². The Hall–Kier alpha value is -2.07. The molecule has 0 spiro atoms. The maximum atomic E-state index is 13.9. The fraction of sp³-hybridized carbons (Fsp3) is 0.294. The minimum Gasteiger partial charge on any atom is -0.497 e. The number of halogens is 1. The molecule has 3 nitrogen and oxygen atoms in total. The highest BCUT2D eigenvalue weighted by molar-refractivity contribution is 5.45. The molecule has 2 N–H and O–H groups in total. The van der Waals surface area contributed by atoms with Crippen LogP contribution in [0, 0.1) is 5.82 Å². The van der Waals surface area contributed by atoms with Crippen LogP contribution in [0.1, 0.15) is 29.2 Å². The van der Waals surface area contributed by atoms with Gasteiger partial charge in [-0.1, -0.05) is 12.1 Å². The van der Waals surface area contributed by atoms with Crippen molar-refractivity contribution in [2.75, 3.05) is 7.11 Å². The number of benzene rings is 2. The van der Waals surface area contributed by atoms with Gasteiger partial charge in [-0.3, -0.25) is 0 Å². The SMILES string of the molecule is COc1ccc(COc2cccc3c2CCC3N)c(F)c1. The molecule has 0 heterocycles. The lowest BCUT2D eigenvalue weighted by Gasteiger charge is -2.12. The summed E-state index contributed by atoms with van der Waals surface area (Å²) in [6.45, 7) is 0.196. The lowest BCUT2D eigenvalue weighted by molar-refractivity contribution is 0.296. The fourth-order valence-corrected chi connectivity index (χ4v) is 2.72. The quantitative estimate of drug-likeness (QED) is 0.937. The summed E-state index contributed by atoms with van der Waals surface area (Å²) in [7, 11) is 1.52. The van der Waals surface area contributed by atoms with Crippen LogP contribution in [-0.4, -0.2) is 7.11 Å². The highest BCUT2D eigenvalue weighted by Gasteiger charge is 2.22. The van der Waals surface area contributed by atoms with Gasteiger partial charge in [0.2, 0.25) is 0 Å². The van der Waals surface area contributed by atoms with Gasteiger partial charge in [0.25, 0.3) is 0 Å². The minimum absolute atomic E-state index is 0.0845. The third kappa shape index (κ3) is 2.72. The molecule has 0 aromatic heterocycles. The zero-order valence-electron chi connectivity index (χ0n) is 11.9. The molecule has 1 aliphatic rings. The summed E-state index contributed by atoms with van der Waals surface area (Å²) in [5, 5.41) is 0. The third-order valence-corrected chi connectivity index (χ3v) is 3.92. The number of hydrogen-bond donors (Lipinski definition) is 1. The van der Waals surface area contributed by atoms with Gasteiger partial charge >= 0.3 is 0 Å². The Bertz CT molecular complexity index is 657. The fourth-order valence-electron chi connectivity index (χ4n) is 2.72. The molecule has 0 radical (unpaired) electrons. The lowest BCUT2D eigenvalue weighted by atomic mass is 10.1. The monoisotopic (exact) mass is 287 g/mol. The molecule has 4 heteroatoms. The Balaban J connectivity index is 1.77. The van der Waals surface area contributed by atoms with Gasteiger partial charge in [0.1, 0.15) is 23.9 Å². The zero-order chi connectivity index (χ0) is 14.8. The number of nitrogens with two attached hydrogens (primary N) is 1. The average molecular weight is 287 g/mol. The molecule has 0 aliphatic heterocycles. The molecule has 1 aliphatic carbocycles. The second-order valence-electron chi connectivity index (χ2n) is 5.22. The highest BCUT2D eigenvalue weighted by Crippen LogP contribution is 2.35. The van der Waals surface area contributed by atoms with E-state index in [4.69, 9.17) is 15.2 Å². The second-order valence-corrected chi connectivity index (χ2v) is 5.22. The number of fused-ring (bicyclic) bond motifs is 1. The van der Waals surface area contributed by atoms with Crippen LogP contribution in [-0.2, 0) is 13.0 Å². The van der Waals surface area contributed by atoms with Crippen LogP contribution >= 0.6 is 0 Å². The molecule has 21 heavy (non-hydrogen) atoms. The number of ether oxygens (including phenoxy) is 2. The first kappa shape index (κ1) is 13.9.